The molecule has 0 radical (unpaired) electrons. The zero-order valence-electron chi connectivity index (χ0n) is 10.4. The van der Waals surface area contributed by atoms with Crippen molar-refractivity contribution < 1.29 is 12.8 Å². The Morgan fingerprint density at radius 2 is 2.00 bits per heavy atom. The van der Waals surface area contributed by atoms with Gasteiger partial charge in [0.05, 0.1) is 12.1 Å². The van der Waals surface area contributed by atoms with E-state index in [1.54, 1.807) is 12.1 Å². The number of sulfonamides is 1. The van der Waals surface area contributed by atoms with Crippen LogP contribution >= 0.6 is 0 Å². The van der Waals surface area contributed by atoms with Crippen molar-refractivity contribution in [2.75, 3.05) is 6.54 Å². The van der Waals surface area contributed by atoms with Gasteiger partial charge in [-0.1, -0.05) is 24.0 Å². The standard InChI is InChI=1S/C14H11FN2O2S/c15-14-8-2-1-5-12(14)6-3-10-17-20(18,19)13-7-4-9-16-11-13/h1-2,4-5,7-9,11,17H,10H2. The Morgan fingerprint density at radius 1 is 1.20 bits per heavy atom. The van der Waals surface area contributed by atoms with E-state index in [0.29, 0.717) is 0 Å². The third-order valence-corrected chi connectivity index (χ3v) is 3.78. The summed E-state index contributed by atoms with van der Waals surface area (Å²) in [7, 11) is -3.63. The Morgan fingerprint density at radius 3 is 2.70 bits per heavy atom. The Balaban J connectivity index is 2.03. The van der Waals surface area contributed by atoms with Gasteiger partial charge in [-0.05, 0) is 24.3 Å². The number of halogens is 1. The molecule has 0 bridgehead atoms. The van der Waals surface area contributed by atoms with Gasteiger partial charge >= 0.3 is 0 Å². The van der Waals surface area contributed by atoms with Crippen LogP contribution in [0.25, 0.3) is 0 Å². The minimum Gasteiger partial charge on any atom is -0.263 e. The molecule has 2 rings (SSSR count). The van der Waals surface area contributed by atoms with Crippen LogP contribution in [0.4, 0.5) is 4.39 Å². The number of hydrogen-bond acceptors (Lipinski definition) is 3. The molecule has 0 aliphatic heterocycles. The van der Waals surface area contributed by atoms with Crippen molar-refractivity contribution in [1.29, 1.82) is 0 Å². The van der Waals surface area contributed by atoms with Crippen molar-refractivity contribution in [2.24, 2.45) is 0 Å². The third-order valence-electron chi connectivity index (χ3n) is 2.39. The molecule has 0 fully saturated rings. The molecule has 20 heavy (non-hydrogen) atoms. The highest BCUT2D eigenvalue weighted by Crippen LogP contribution is 2.05. The van der Waals surface area contributed by atoms with Crippen molar-refractivity contribution >= 4 is 10.0 Å². The molecule has 1 aromatic heterocycles. The van der Waals surface area contributed by atoms with Crippen LogP contribution in [0.15, 0.2) is 53.7 Å². The summed E-state index contributed by atoms with van der Waals surface area (Å²) in [6.07, 6.45) is 2.73. The van der Waals surface area contributed by atoms with Gasteiger partial charge in [-0.25, -0.2) is 12.8 Å². The van der Waals surface area contributed by atoms with Gasteiger partial charge in [0, 0.05) is 12.4 Å². The zero-order valence-corrected chi connectivity index (χ0v) is 11.2. The lowest BCUT2D eigenvalue weighted by Gasteiger charge is -2.02. The van der Waals surface area contributed by atoms with E-state index in [1.165, 1.54) is 36.7 Å². The fourth-order valence-electron chi connectivity index (χ4n) is 1.42. The van der Waals surface area contributed by atoms with E-state index in [0.717, 1.165) is 0 Å². The van der Waals surface area contributed by atoms with Crippen molar-refractivity contribution in [3.8, 4) is 11.8 Å². The minimum atomic E-state index is -3.63. The first-order valence-electron chi connectivity index (χ1n) is 5.73. The highest BCUT2D eigenvalue weighted by atomic mass is 32.2. The summed E-state index contributed by atoms with van der Waals surface area (Å²) in [5.41, 5.74) is 0.230. The largest absolute Gasteiger partial charge is 0.263 e. The topological polar surface area (TPSA) is 59.1 Å². The van der Waals surface area contributed by atoms with Crippen LogP contribution in [0.1, 0.15) is 5.56 Å². The molecule has 102 valence electrons. The summed E-state index contributed by atoms with van der Waals surface area (Å²) in [5.74, 6) is 4.70. The van der Waals surface area contributed by atoms with Gasteiger partial charge in [0.25, 0.3) is 0 Å². The lowest BCUT2D eigenvalue weighted by atomic mass is 10.2. The maximum atomic E-state index is 13.3. The molecule has 2 aromatic rings. The normalized spacial score (nSPS) is 10.7. The maximum Gasteiger partial charge on any atom is 0.242 e. The second-order valence-electron chi connectivity index (χ2n) is 3.79. The van der Waals surface area contributed by atoms with Crippen LogP contribution in [0, 0.1) is 17.7 Å². The van der Waals surface area contributed by atoms with Gasteiger partial charge in [-0.2, -0.15) is 4.72 Å². The highest BCUT2D eigenvalue weighted by molar-refractivity contribution is 7.89. The van der Waals surface area contributed by atoms with E-state index in [1.807, 2.05) is 0 Å². The van der Waals surface area contributed by atoms with E-state index < -0.39 is 15.8 Å². The lowest BCUT2D eigenvalue weighted by molar-refractivity contribution is 0.585. The van der Waals surface area contributed by atoms with Crippen molar-refractivity contribution in [3.05, 3.63) is 60.2 Å². The first-order valence-corrected chi connectivity index (χ1v) is 7.21. The van der Waals surface area contributed by atoms with E-state index in [-0.39, 0.29) is 17.0 Å². The molecule has 1 N–H and O–H groups in total. The third kappa shape index (κ3) is 3.63. The maximum absolute atomic E-state index is 13.3. The molecule has 0 saturated carbocycles. The van der Waals surface area contributed by atoms with Gasteiger partial charge in [0.1, 0.15) is 10.7 Å². The summed E-state index contributed by atoms with van der Waals surface area (Å²) in [5, 5.41) is 0. The van der Waals surface area contributed by atoms with Crippen LogP contribution in [0.5, 0.6) is 0 Å². The number of benzene rings is 1. The Kier molecular flexibility index (Phi) is 4.45. The molecule has 0 spiro atoms. The second kappa shape index (κ2) is 6.28. The summed E-state index contributed by atoms with van der Waals surface area (Å²) < 4.78 is 39.2. The Bertz CT molecular complexity index is 749. The number of nitrogens with zero attached hydrogens (tertiary/aromatic N) is 1. The van der Waals surface area contributed by atoms with Gasteiger partial charge in [-0.3, -0.25) is 4.98 Å². The van der Waals surface area contributed by atoms with E-state index in [9.17, 15) is 12.8 Å². The molecule has 4 nitrogen and oxygen atoms in total. The molecule has 1 aromatic carbocycles. The van der Waals surface area contributed by atoms with Gasteiger partial charge < -0.3 is 0 Å². The monoisotopic (exact) mass is 290 g/mol. The number of hydrogen-bond donors (Lipinski definition) is 1. The minimum absolute atomic E-state index is 0.0627. The van der Waals surface area contributed by atoms with Crippen molar-refractivity contribution in [2.45, 2.75) is 4.90 Å². The SMILES string of the molecule is O=S(=O)(NCC#Cc1ccccc1F)c1cccnc1. The van der Waals surface area contributed by atoms with Crippen LogP contribution in [-0.2, 0) is 10.0 Å². The lowest BCUT2D eigenvalue weighted by Crippen LogP contribution is -2.24. The number of aromatic nitrogens is 1. The molecule has 6 heteroatoms. The number of rotatable bonds is 3. The Hall–Kier alpha value is -2.23. The molecule has 0 saturated heterocycles. The fourth-order valence-corrected chi connectivity index (χ4v) is 2.31. The molecule has 1 heterocycles. The summed E-state index contributed by atoms with van der Waals surface area (Å²) >= 11 is 0. The summed E-state index contributed by atoms with van der Waals surface area (Å²) in [4.78, 5) is 3.80. The summed E-state index contributed by atoms with van der Waals surface area (Å²) in [6, 6.07) is 9.00. The first-order chi connectivity index (χ1) is 9.59. The molecule has 0 aliphatic carbocycles. The van der Waals surface area contributed by atoms with E-state index in [4.69, 9.17) is 0 Å². The number of nitrogens with one attached hydrogen (secondary N) is 1. The van der Waals surface area contributed by atoms with Crippen molar-refractivity contribution in [1.82, 2.24) is 9.71 Å². The first kappa shape index (κ1) is 14.2. The molecular formula is C14H11FN2O2S. The molecule has 0 aliphatic rings. The van der Waals surface area contributed by atoms with Crippen molar-refractivity contribution in [3.63, 3.8) is 0 Å². The van der Waals surface area contributed by atoms with Gasteiger partial charge in [0.2, 0.25) is 10.0 Å². The average Bonchev–Trinajstić information content (AvgIpc) is 2.46. The zero-order chi connectivity index (χ0) is 14.4. The molecule has 0 amide bonds. The summed E-state index contributed by atoms with van der Waals surface area (Å²) in [6.45, 7) is -0.106. The predicted octanol–water partition coefficient (Wildman–Crippen LogP) is 1.55. The van der Waals surface area contributed by atoms with Gasteiger partial charge in [-0.15, -0.1) is 0 Å². The van der Waals surface area contributed by atoms with Crippen LogP contribution in [-0.4, -0.2) is 19.9 Å². The van der Waals surface area contributed by atoms with Crippen LogP contribution < -0.4 is 4.72 Å². The molecule has 0 unspecified atom stereocenters. The fraction of sp³-hybridized carbons (Fsp3) is 0.0714. The number of pyridine rings is 1. The molecule has 0 atom stereocenters. The predicted molar refractivity (Wildman–Crippen MR) is 72.7 cm³/mol. The Labute approximate surface area is 116 Å². The quantitative estimate of drug-likeness (QED) is 0.873. The van der Waals surface area contributed by atoms with Crippen LogP contribution in [0.2, 0.25) is 0 Å². The van der Waals surface area contributed by atoms with E-state index >= 15 is 0 Å². The van der Waals surface area contributed by atoms with E-state index in [2.05, 4.69) is 21.5 Å². The van der Waals surface area contributed by atoms with Gasteiger partial charge in [0.15, 0.2) is 0 Å². The average molecular weight is 290 g/mol. The highest BCUT2D eigenvalue weighted by Gasteiger charge is 2.11. The second-order valence-corrected chi connectivity index (χ2v) is 5.56. The smallest absolute Gasteiger partial charge is 0.242 e. The van der Waals surface area contributed by atoms with Crippen LogP contribution in [0.3, 0.4) is 0 Å². The molecular weight excluding hydrogens is 279 g/mol.